The van der Waals surface area contributed by atoms with Crippen LogP contribution in [0.25, 0.3) is 0 Å². The SMILES string of the molecule is Cc1cc(CN)ccc1S(=O)(=O)N1CCC(CCO)C1. The highest BCUT2D eigenvalue weighted by Gasteiger charge is 2.32. The molecule has 0 saturated carbocycles. The van der Waals surface area contributed by atoms with Gasteiger partial charge in [0.25, 0.3) is 0 Å². The van der Waals surface area contributed by atoms with Gasteiger partial charge in [-0.05, 0) is 42.9 Å². The number of sulfonamides is 1. The molecule has 1 heterocycles. The highest BCUT2D eigenvalue weighted by atomic mass is 32.2. The van der Waals surface area contributed by atoms with Crippen molar-refractivity contribution in [1.82, 2.24) is 4.31 Å². The Bertz CT molecular complexity index is 572. The van der Waals surface area contributed by atoms with Crippen LogP contribution in [0.3, 0.4) is 0 Å². The highest BCUT2D eigenvalue weighted by Crippen LogP contribution is 2.27. The summed E-state index contributed by atoms with van der Waals surface area (Å²) in [6.45, 7) is 3.35. The Kier molecular flexibility index (Phi) is 4.80. The lowest BCUT2D eigenvalue weighted by Gasteiger charge is -2.18. The van der Waals surface area contributed by atoms with E-state index in [2.05, 4.69) is 0 Å². The van der Waals surface area contributed by atoms with Crippen LogP contribution < -0.4 is 5.73 Å². The van der Waals surface area contributed by atoms with Gasteiger partial charge in [0.15, 0.2) is 0 Å². The van der Waals surface area contributed by atoms with Gasteiger partial charge in [-0.1, -0.05) is 12.1 Å². The van der Waals surface area contributed by atoms with E-state index in [-0.39, 0.29) is 12.5 Å². The summed E-state index contributed by atoms with van der Waals surface area (Å²) in [5.41, 5.74) is 7.23. The van der Waals surface area contributed by atoms with E-state index in [1.807, 2.05) is 6.07 Å². The normalized spacial score (nSPS) is 20.4. The summed E-state index contributed by atoms with van der Waals surface area (Å²) in [6, 6.07) is 5.24. The molecule has 1 aromatic rings. The fourth-order valence-electron chi connectivity index (χ4n) is 2.70. The Labute approximate surface area is 120 Å². The van der Waals surface area contributed by atoms with Crippen molar-refractivity contribution in [3.63, 3.8) is 0 Å². The minimum absolute atomic E-state index is 0.114. The largest absolute Gasteiger partial charge is 0.396 e. The summed E-state index contributed by atoms with van der Waals surface area (Å²) in [7, 11) is -3.43. The minimum atomic E-state index is -3.43. The van der Waals surface area contributed by atoms with Gasteiger partial charge < -0.3 is 10.8 Å². The monoisotopic (exact) mass is 298 g/mol. The molecular formula is C14H22N2O3S. The van der Waals surface area contributed by atoms with Gasteiger partial charge in [-0.2, -0.15) is 4.31 Å². The van der Waals surface area contributed by atoms with E-state index in [0.717, 1.165) is 17.5 Å². The number of hydrogen-bond donors (Lipinski definition) is 2. The van der Waals surface area contributed by atoms with Gasteiger partial charge in [-0.3, -0.25) is 0 Å². The van der Waals surface area contributed by atoms with Crippen molar-refractivity contribution < 1.29 is 13.5 Å². The molecule has 3 N–H and O–H groups in total. The minimum Gasteiger partial charge on any atom is -0.396 e. The average molecular weight is 298 g/mol. The number of benzene rings is 1. The third-order valence-electron chi connectivity index (χ3n) is 3.88. The lowest BCUT2D eigenvalue weighted by Crippen LogP contribution is -2.29. The van der Waals surface area contributed by atoms with Crippen LogP contribution in [0.2, 0.25) is 0 Å². The first-order valence-corrected chi connectivity index (χ1v) is 8.33. The molecule has 0 amide bonds. The molecule has 6 heteroatoms. The van der Waals surface area contributed by atoms with Crippen molar-refractivity contribution in [1.29, 1.82) is 0 Å². The first-order chi connectivity index (χ1) is 9.48. The van der Waals surface area contributed by atoms with E-state index in [9.17, 15) is 8.42 Å². The predicted molar refractivity (Wildman–Crippen MR) is 77.6 cm³/mol. The Morgan fingerprint density at radius 1 is 1.45 bits per heavy atom. The molecule has 5 nitrogen and oxygen atoms in total. The first-order valence-electron chi connectivity index (χ1n) is 6.89. The Morgan fingerprint density at radius 2 is 2.20 bits per heavy atom. The van der Waals surface area contributed by atoms with Crippen LogP contribution in [-0.4, -0.2) is 37.5 Å². The zero-order chi connectivity index (χ0) is 14.8. The topological polar surface area (TPSA) is 83.6 Å². The van der Waals surface area contributed by atoms with Crippen LogP contribution in [-0.2, 0) is 16.6 Å². The molecule has 112 valence electrons. The van der Waals surface area contributed by atoms with E-state index >= 15 is 0 Å². The summed E-state index contributed by atoms with van der Waals surface area (Å²) in [5, 5.41) is 8.95. The van der Waals surface area contributed by atoms with Crippen molar-refractivity contribution in [3.05, 3.63) is 29.3 Å². The van der Waals surface area contributed by atoms with Crippen molar-refractivity contribution in [2.75, 3.05) is 19.7 Å². The zero-order valence-electron chi connectivity index (χ0n) is 11.7. The maximum Gasteiger partial charge on any atom is 0.243 e. The molecule has 1 aromatic carbocycles. The standard InChI is InChI=1S/C14H22N2O3S/c1-11-8-13(9-15)2-3-14(11)20(18,19)16-6-4-12(10-16)5-7-17/h2-3,8,12,17H,4-7,9-10,15H2,1H3. The number of rotatable bonds is 5. The fourth-order valence-corrected chi connectivity index (χ4v) is 4.44. The molecule has 1 unspecified atom stereocenters. The van der Waals surface area contributed by atoms with Crippen LogP contribution >= 0.6 is 0 Å². The van der Waals surface area contributed by atoms with Gasteiger partial charge in [-0.15, -0.1) is 0 Å². The molecule has 0 aliphatic carbocycles. The highest BCUT2D eigenvalue weighted by molar-refractivity contribution is 7.89. The quantitative estimate of drug-likeness (QED) is 0.844. The summed E-state index contributed by atoms with van der Waals surface area (Å²) < 4.78 is 26.8. The third kappa shape index (κ3) is 3.03. The molecule has 0 spiro atoms. The van der Waals surface area contributed by atoms with E-state index in [1.165, 1.54) is 4.31 Å². The molecule has 2 rings (SSSR count). The zero-order valence-corrected chi connectivity index (χ0v) is 12.6. The lowest BCUT2D eigenvalue weighted by molar-refractivity contribution is 0.259. The summed E-state index contributed by atoms with van der Waals surface area (Å²) in [5.74, 6) is 0.262. The Morgan fingerprint density at radius 3 is 2.80 bits per heavy atom. The second kappa shape index (κ2) is 6.22. The van der Waals surface area contributed by atoms with Crippen LogP contribution in [0.4, 0.5) is 0 Å². The summed E-state index contributed by atoms with van der Waals surface area (Å²) in [6.07, 6.45) is 1.48. The van der Waals surface area contributed by atoms with E-state index < -0.39 is 10.0 Å². The second-order valence-corrected chi connectivity index (χ2v) is 7.24. The second-order valence-electron chi connectivity index (χ2n) is 5.33. The van der Waals surface area contributed by atoms with Crippen LogP contribution in [0.5, 0.6) is 0 Å². The molecule has 0 radical (unpaired) electrons. The van der Waals surface area contributed by atoms with Crippen molar-refractivity contribution in [3.8, 4) is 0 Å². The third-order valence-corrected chi connectivity index (χ3v) is 5.90. The number of aryl methyl sites for hydroxylation is 1. The molecule has 1 aliphatic rings. The summed E-state index contributed by atoms with van der Waals surface area (Å²) >= 11 is 0. The average Bonchev–Trinajstić information content (AvgIpc) is 2.88. The van der Waals surface area contributed by atoms with Crippen molar-refractivity contribution in [2.45, 2.75) is 31.2 Å². The van der Waals surface area contributed by atoms with Crippen LogP contribution in [0.15, 0.2) is 23.1 Å². The van der Waals surface area contributed by atoms with E-state index in [4.69, 9.17) is 10.8 Å². The first kappa shape index (κ1) is 15.4. The number of nitrogens with zero attached hydrogens (tertiary/aromatic N) is 1. The summed E-state index contributed by atoms with van der Waals surface area (Å²) in [4.78, 5) is 0.361. The van der Waals surface area contributed by atoms with Crippen LogP contribution in [0, 0.1) is 12.8 Å². The predicted octanol–water partition coefficient (Wildman–Crippen LogP) is 0.847. The maximum absolute atomic E-state index is 12.6. The number of aliphatic hydroxyl groups excluding tert-OH is 1. The molecule has 1 saturated heterocycles. The Hall–Kier alpha value is -0.950. The molecule has 1 aliphatic heterocycles. The lowest BCUT2D eigenvalue weighted by atomic mass is 10.1. The van der Waals surface area contributed by atoms with Gasteiger partial charge in [-0.25, -0.2) is 8.42 Å². The molecule has 0 bridgehead atoms. The van der Waals surface area contributed by atoms with Crippen molar-refractivity contribution in [2.24, 2.45) is 11.7 Å². The fraction of sp³-hybridized carbons (Fsp3) is 0.571. The van der Waals surface area contributed by atoms with Gasteiger partial charge in [0.1, 0.15) is 0 Å². The van der Waals surface area contributed by atoms with E-state index in [0.29, 0.717) is 31.0 Å². The smallest absolute Gasteiger partial charge is 0.243 e. The number of nitrogens with two attached hydrogens (primary N) is 1. The van der Waals surface area contributed by atoms with Gasteiger partial charge in [0.05, 0.1) is 4.90 Å². The van der Waals surface area contributed by atoms with Crippen molar-refractivity contribution >= 4 is 10.0 Å². The van der Waals surface area contributed by atoms with Crippen LogP contribution in [0.1, 0.15) is 24.0 Å². The van der Waals surface area contributed by atoms with E-state index in [1.54, 1.807) is 19.1 Å². The molecular weight excluding hydrogens is 276 g/mol. The maximum atomic E-state index is 12.6. The molecule has 1 atom stereocenters. The molecule has 0 aromatic heterocycles. The Balaban J connectivity index is 2.23. The van der Waals surface area contributed by atoms with Gasteiger partial charge in [0.2, 0.25) is 10.0 Å². The molecule has 20 heavy (non-hydrogen) atoms. The number of hydrogen-bond acceptors (Lipinski definition) is 4. The van der Waals surface area contributed by atoms with Gasteiger partial charge >= 0.3 is 0 Å². The van der Waals surface area contributed by atoms with Gasteiger partial charge in [0, 0.05) is 26.2 Å². The number of aliphatic hydroxyl groups is 1. The molecule has 1 fully saturated rings.